The predicted octanol–water partition coefficient (Wildman–Crippen LogP) is 3.30. The Labute approximate surface area is 95.4 Å². The summed E-state index contributed by atoms with van der Waals surface area (Å²) in [6, 6.07) is 7.88. The molecule has 1 N–H and O–H groups in total. The van der Waals surface area contributed by atoms with Gasteiger partial charge in [0.1, 0.15) is 0 Å². The summed E-state index contributed by atoms with van der Waals surface area (Å²) in [5.41, 5.74) is 1.21. The van der Waals surface area contributed by atoms with E-state index in [9.17, 15) is 0 Å². The Bertz CT molecular complexity index is 276. The first-order valence-corrected chi connectivity index (χ1v) is 5.64. The average Bonchev–Trinajstić information content (AvgIpc) is 2.17. The van der Waals surface area contributed by atoms with E-state index in [4.69, 9.17) is 23.2 Å². The van der Waals surface area contributed by atoms with Crippen LogP contribution >= 0.6 is 23.2 Å². The second-order valence-electron chi connectivity index (χ2n) is 3.52. The van der Waals surface area contributed by atoms with Gasteiger partial charge in [-0.15, -0.1) is 11.6 Å². The third-order valence-electron chi connectivity index (χ3n) is 1.97. The third kappa shape index (κ3) is 4.32. The van der Waals surface area contributed by atoms with Crippen molar-refractivity contribution in [1.82, 2.24) is 5.32 Å². The molecule has 0 fully saturated rings. The van der Waals surface area contributed by atoms with Crippen LogP contribution in [0.3, 0.4) is 0 Å². The average molecular weight is 232 g/mol. The molecule has 0 saturated carbocycles. The molecule has 0 aliphatic heterocycles. The zero-order valence-electron chi connectivity index (χ0n) is 8.26. The van der Waals surface area contributed by atoms with Crippen LogP contribution in [0.5, 0.6) is 0 Å². The lowest BCUT2D eigenvalue weighted by Crippen LogP contribution is -2.21. The van der Waals surface area contributed by atoms with Crippen LogP contribution in [0.25, 0.3) is 0 Å². The van der Waals surface area contributed by atoms with Gasteiger partial charge in [0.05, 0.1) is 0 Å². The van der Waals surface area contributed by atoms with Gasteiger partial charge in [-0.25, -0.2) is 0 Å². The Morgan fingerprint density at radius 2 is 2.21 bits per heavy atom. The maximum atomic E-state index is 5.86. The van der Waals surface area contributed by atoms with Gasteiger partial charge in [0.25, 0.3) is 0 Å². The first-order valence-electron chi connectivity index (χ1n) is 4.73. The molecule has 1 aromatic rings. The molecule has 1 atom stereocenters. The van der Waals surface area contributed by atoms with Gasteiger partial charge in [-0.2, -0.15) is 0 Å². The predicted molar refractivity (Wildman–Crippen MR) is 63.0 cm³/mol. The Morgan fingerprint density at radius 3 is 2.86 bits per heavy atom. The fraction of sp³-hybridized carbons (Fsp3) is 0.455. The van der Waals surface area contributed by atoms with Crippen LogP contribution in [0.1, 0.15) is 12.5 Å². The van der Waals surface area contributed by atoms with E-state index in [0.29, 0.717) is 11.8 Å². The zero-order chi connectivity index (χ0) is 10.4. The number of alkyl halides is 1. The number of hydrogen-bond donors (Lipinski definition) is 1. The highest BCUT2D eigenvalue weighted by Gasteiger charge is 1.99. The molecule has 14 heavy (non-hydrogen) atoms. The molecule has 0 aliphatic carbocycles. The quantitative estimate of drug-likeness (QED) is 0.768. The van der Waals surface area contributed by atoms with E-state index in [2.05, 4.69) is 18.3 Å². The van der Waals surface area contributed by atoms with E-state index in [0.717, 1.165) is 18.1 Å². The van der Waals surface area contributed by atoms with Crippen molar-refractivity contribution < 1.29 is 0 Å². The molecule has 0 heterocycles. The zero-order valence-corrected chi connectivity index (χ0v) is 9.78. The molecule has 1 rings (SSSR count). The molecule has 0 saturated heterocycles. The van der Waals surface area contributed by atoms with Gasteiger partial charge >= 0.3 is 0 Å². The largest absolute Gasteiger partial charge is 0.312 e. The minimum atomic E-state index is 0.510. The Morgan fingerprint density at radius 1 is 1.43 bits per heavy atom. The van der Waals surface area contributed by atoms with E-state index in [-0.39, 0.29) is 0 Å². The summed E-state index contributed by atoms with van der Waals surface area (Å²) in [5, 5.41) is 4.12. The molecule has 0 radical (unpaired) electrons. The summed E-state index contributed by atoms with van der Waals surface area (Å²) in [7, 11) is 0. The lowest BCUT2D eigenvalue weighted by Gasteiger charge is -2.09. The van der Waals surface area contributed by atoms with Crippen LogP contribution in [0.15, 0.2) is 24.3 Å². The molecule has 78 valence electrons. The van der Waals surface area contributed by atoms with E-state index in [1.165, 1.54) is 5.56 Å². The van der Waals surface area contributed by atoms with Crippen molar-refractivity contribution in [3.63, 3.8) is 0 Å². The van der Waals surface area contributed by atoms with E-state index >= 15 is 0 Å². The van der Waals surface area contributed by atoms with Crippen molar-refractivity contribution >= 4 is 23.2 Å². The standard InChI is InChI=1S/C11H15Cl2N/c1-9(6-12)7-14-8-10-3-2-4-11(13)5-10/h2-5,9,14H,6-8H2,1H3. The summed E-state index contributed by atoms with van der Waals surface area (Å²) in [6.07, 6.45) is 0. The maximum absolute atomic E-state index is 5.86. The van der Waals surface area contributed by atoms with Crippen molar-refractivity contribution in [2.45, 2.75) is 13.5 Å². The van der Waals surface area contributed by atoms with E-state index in [1.54, 1.807) is 0 Å². The topological polar surface area (TPSA) is 12.0 Å². The molecule has 0 aromatic heterocycles. The van der Waals surface area contributed by atoms with Gasteiger partial charge in [0.2, 0.25) is 0 Å². The lowest BCUT2D eigenvalue weighted by molar-refractivity contribution is 0.557. The molecular weight excluding hydrogens is 217 g/mol. The normalized spacial score (nSPS) is 12.8. The van der Waals surface area contributed by atoms with Crippen molar-refractivity contribution in [1.29, 1.82) is 0 Å². The summed E-state index contributed by atoms with van der Waals surface area (Å²) in [6.45, 7) is 3.91. The van der Waals surface area contributed by atoms with Crippen LogP contribution < -0.4 is 5.32 Å². The summed E-state index contributed by atoms with van der Waals surface area (Å²) in [5.74, 6) is 1.21. The monoisotopic (exact) mass is 231 g/mol. The molecule has 0 aliphatic rings. The van der Waals surface area contributed by atoms with Crippen LogP contribution in [-0.4, -0.2) is 12.4 Å². The molecule has 1 unspecified atom stereocenters. The number of benzene rings is 1. The highest BCUT2D eigenvalue weighted by Crippen LogP contribution is 2.10. The summed E-state index contributed by atoms with van der Waals surface area (Å²) < 4.78 is 0. The SMILES string of the molecule is CC(CCl)CNCc1cccc(Cl)c1. The first-order chi connectivity index (χ1) is 6.72. The highest BCUT2D eigenvalue weighted by molar-refractivity contribution is 6.30. The lowest BCUT2D eigenvalue weighted by atomic mass is 10.2. The molecule has 0 amide bonds. The molecule has 0 spiro atoms. The highest BCUT2D eigenvalue weighted by atomic mass is 35.5. The van der Waals surface area contributed by atoms with Crippen LogP contribution in [-0.2, 0) is 6.54 Å². The summed E-state index contributed by atoms with van der Waals surface area (Å²) in [4.78, 5) is 0. The van der Waals surface area contributed by atoms with Crippen LogP contribution in [0, 0.1) is 5.92 Å². The smallest absolute Gasteiger partial charge is 0.0409 e. The van der Waals surface area contributed by atoms with Crippen molar-refractivity contribution in [2.24, 2.45) is 5.92 Å². The van der Waals surface area contributed by atoms with Gasteiger partial charge in [0.15, 0.2) is 0 Å². The van der Waals surface area contributed by atoms with Crippen molar-refractivity contribution in [2.75, 3.05) is 12.4 Å². The van der Waals surface area contributed by atoms with Gasteiger partial charge < -0.3 is 5.32 Å². The number of rotatable bonds is 5. The molecule has 1 nitrogen and oxygen atoms in total. The van der Waals surface area contributed by atoms with Gasteiger partial charge in [-0.05, 0) is 30.2 Å². The van der Waals surface area contributed by atoms with Crippen LogP contribution in [0.2, 0.25) is 5.02 Å². The first kappa shape index (κ1) is 11.8. The fourth-order valence-electron chi connectivity index (χ4n) is 1.16. The number of hydrogen-bond acceptors (Lipinski definition) is 1. The minimum absolute atomic E-state index is 0.510. The fourth-order valence-corrected chi connectivity index (χ4v) is 1.49. The van der Waals surface area contributed by atoms with Crippen molar-refractivity contribution in [3.8, 4) is 0 Å². The van der Waals surface area contributed by atoms with Gasteiger partial charge in [-0.1, -0.05) is 30.7 Å². The molecular formula is C11H15Cl2N. The van der Waals surface area contributed by atoms with Gasteiger partial charge in [0, 0.05) is 17.4 Å². The minimum Gasteiger partial charge on any atom is -0.312 e. The Kier molecular flexibility index (Phi) is 5.31. The number of halogens is 2. The molecule has 1 aromatic carbocycles. The van der Waals surface area contributed by atoms with E-state index in [1.807, 2.05) is 18.2 Å². The van der Waals surface area contributed by atoms with Gasteiger partial charge in [-0.3, -0.25) is 0 Å². The van der Waals surface area contributed by atoms with Crippen molar-refractivity contribution in [3.05, 3.63) is 34.9 Å². The van der Waals surface area contributed by atoms with Crippen LogP contribution in [0.4, 0.5) is 0 Å². The Balaban J connectivity index is 2.31. The number of nitrogens with one attached hydrogen (secondary N) is 1. The molecule has 3 heteroatoms. The molecule has 0 bridgehead atoms. The maximum Gasteiger partial charge on any atom is 0.0409 e. The second-order valence-corrected chi connectivity index (χ2v) is 4.27. The third-order valence-corrected chi connectivity index (χ3v) is 2.74. The summed E-state index contributed by atoms with van der Waals surface area (Å²) >= 11 is 11.6. The second kappa shape index (κ2) is 6.28. The Hall–Kier alpha value is -0.240. The van der Waals surface area contributed by atoms with E-state index < -0.39 is 0 Å².